The van der Waals surface area contributed by atoms with Crippen molar-refractivity contribution in [3.8, 4) is 17.6 Å². The molecule has 3 aliphatic carbocycles. The topological polar surface area (TPSA) is 182 Å². The van der Waals surface area contributed by atoms with E-state index in [0.29, 0.717) is 11.1 Å². The van der Waals surface area contributed by atoms with E-state index in [1.165, 1.54) is 19.1 Å². The highest BCUT2D eigenvalue weighted by Crippen LogP contribution is 2.52. The molecule has 10 heteroatoms. The number of nitrogens with two attached hydrogens (primary N) is 1. The molecule has 0 aromatic heterocycles. The Labute approximate surface area is 201 Å². The molecule has 0 radical (unpaired) electrons. The Morgan fingerprint density at radius 1 is 1.26 bits per heavy atom. The maximum Gasteiger partial charge on any atom is 0.230 e. The zero-order chi connectivity index (χ0) is 26.0. The molecule has 3 aliphatic rings. The van der Waals surface area contributed by atoms with Crippen LogP contribution in [0, 0.1) is 29.6 Å². The van der Waals surface area contributed by atoms with E-state index >= 15 is 0 Å². The second-order valence-electron chi connectivity index (χ2n) is 9.72. The fourth-order valence-electron chi connectivity index (χ4n) is 5.90. The zero-order valence-corrected chi connectivity index (χ0v) is 19.5. The van der Waals surface area contributed by atoms with Crippen LogP contribution in [0.4, 0.5) is 0 Å². The third-order valence-corrected chi connectivity index (χ3v) is 7.39. The van der Waals surface area contributed by atoms with E-state index in [9.17, 15) is 39.9 Å². The molecular formula is C25H28N2O8. The minimum Gasteiger partial charge on any atom is -0.508 e. The summed E-state index contributed by atoms with van der Waals surface area (Å²) in [6, 6.07) is 1.86. The predicted molar refractivity (Wildman–Crippen MR) is 122 cm³/mol. The number of carbonyl (C=O) groups excluding carboxylic acids is 3. The van der Waals surface area contributed by atoms with Gasteiger partial charge in [0.05, 0.1) is 11.7 Å². The number of likely N-dealkylation sites (N-methyl/N-ethyl adjacent to an activating group) is 1. The highest BCUT2D eigenvalue weighted by molar-refractivity contribution is 6.15. The van der Waals surface area contributed by atoms with Gasteiger partial charge in [-0.25, -0.2) is 0 Å². The molecule has 1 amide bonds. The van der Waals surface area contributed by atoms with Crippen LogP contribution in [0.2, 0.25) is 0 Å². The summed E-state index contributed by atoms with van der Waals surface area (Å²) in [5.74, 6) is -2.41. The summed E-state index contributed by atoms with van der Waals surface area (Å²) >= 11 is 0. The SMILES string of the molecule is CC(O)C#Cc1ccc(O)c2c1C[C@H]1C[C@H]3[C@H](N(C)C)C(O)C(C(N)=O)C(=O)[C@@]3(O)C(O)=C1C2=O. The van der Waals surface area contributed by atoms with Gasteiger partial charge in [0.25, 0.3) is 0 Å². The Morgan fingerprint density at radius 3 is 2.49 bits per heavy atom. The van der Waals surface area contributed by atoms with Gasteiger partial charge in [-0.3, -0.25) is 14.4 Å². The first-order chi connectivity index (χ1) is 16.3. The lowest BCUT2D eigenvalue weighted by atomic mass is 9.56. The predicted octanol–water partition coefficient (Wildman–Crippen LogP) is -0.982. The van der Waals surface area contributed by atoms with Gasteiger partial charge in [-0.15, -0.1) is 0 Å². The van der Waals surface area contributed by atoms with Crippen molar-refractivity contribution >= 4 is 17.5 Å². The number of Topliss-reactive ketones (excluding diaryl/α,β-unsaturated/α-hetero) is 2. The first kappa shape index (κ1) is 24.9. The van der Waals surface area contributed by atoms with E-state index < -0.39 is 64.8 Å². The number of hydrogen-bond acceptors (Lipinski definition) is 9. The van der Waals surface area contributed by atoms with Gasteiger partial charge in [0, 0.05) is 23.1 Å². The molecule has 10 nitrogen and oxygen atoms in total. The number of amides is 1. The van der Waals surface area contributed by atoms with E-state index in [4.69, 9.17) is 5.73 Å². The minimum absolute atomic E-state index is 0.0249. The van der Waals surface area contributed by atoms with Crippen molar-refractivity contribution in [3.63, 3.8) is 0 Å². The maximum atomic E-state index is 13.5. The number of fused-ring (bicyclic) bond motifs is 3. The van der Waals surface area contributed by atoms with Crippen molar-refractivity contribution in [2.75, 3.05) is 14.1 Å². The molecule has 1 saturated carbocycles. The summed E-state index contributed by atoms with van der Waals surface area (Å²) in [7, 11) is 3.20. The third kappa shape index (κ3) is 3.54. The highest BCUT2D eigenvalue weighted by Gasteiger charge is 2.66. The smallest absolute Gasteiger partial charge is 0.230 e. The standard InChI is InChI=1S/C25H28N2O8/c1-10(28)4-5-11-6-7-15(29)17-13(11)8-12-9-14-19(27(2)3)21(31)18(24(26)34)23(33)25(14,35)22(32)16(12)20(17)30/h6-7,10,12,14,18-19,21,28-29,31-32,35H,8-9H2,1-3H3,(H2,26,34)/t10?,12-,14-,18?,19-,21?,25-/m0/s1. The highest BCUT2D eigenvalue weighted by atomic mass is 16.4. The van der Waals surface area contributed by atoms with Gasteiger partial charge in [0.15, 0.2) is 17.2 Å². The van der Waals surface area contributed by atoms with Gasteiger partial charge in [0.1, 0.15) is 23.5 Å². The quantitative estimate of drug-likeness (QED) is 0.227. The number of ketones is 2. The molecule has 4 rings (SSSR count). The number of aromatic hydroxyl groups is 1. The van der Waals surface area contributed by atoms with Crippen molar-refractivity contribution in [3.05, 3.63) is 40.2 Å². The van der Waals surface area contributed by atoms with Gasteiger partial charge in [-0.05, 0) is 57.5 Å². The largest absolute Gasteiger partial charge is 0.508 e. The molecule has 7 N–H and O–H groups in total. The molecule has 0 aliphatic heterocycles. The summed E-state index contributed by atoms with van der Waals surface area (Å²) in [6.07, 6.45) is -2.28. The number of benzene rings is 1. The lowest BCUT2D eigenvalue weighted by Gasteiger charge is -2.53. The van der Waals surface area contributed by atoms with E-state index in [-0.39, 0.29) is 29.7 Å². The number of nitrogens with zero attached hydrogens (tertiary/aromatic N) is 1. The van der Waals surface area contributed by atoms with Crippen LogP contribution in [0.1, 0.15) is 34.8 Å². The number of carbonyl (C=O) groups is 3. The van der Waals surface area contributed by atoms with E-state index in [1.54, 1.807) is 19.0 Å². The number of phenolic OH excluding ortho intramolecular Hbond substituents is 1. The van der Waals surface area contributed by atoms with Gasteiger partial charge >= 0.3 is 0 Å². The average Bonchev–Trinajstić information content (AvgIpc) is 2.75. The van der Waals surface area contributed by atoms with Crippen LogP contribution in [0.25, 0.3) is 0 Å². The number of phenols is 1. The summed E-state index contributed by atoms with van der Waals surface area (Å²) in [6.45, 7) is 1.48. The molecule has 0 spiro atoms. The zero-order valence-electron chi connectivity index (χ0n) is 19.5. The van der Waals surface area contributed by atoms with E-state index in [1.807, 2.05) is 0 Å². The molecule has 7 atom stereocenters. The Balaban J connectivity index is 1.93. The second kappa shape index (κ2) is 8.46. The van der Waals surface area contributed by atoms with E-state index in [0.717, 1.165) is 0 Å². The Bertz CT molecular complexity index is 1220. The average molecular weight is 485 g/mol. The molecule has 35 heavy (non-hydrogen) atoms. The first-order valence-corrected chi connectivity index (χ1v) is 11.3. The van der Waals surface area contributed by atoms with Crippen molar-refractivity contribution < 1.29 is 39.9 Å². The second-order valence-corrected chi connectivity index (χ2v) is 9.72. The summed E-state index contributed by atoms with van der Waals surface area (Å²) < 4.78 is 0. The van der Waals surface area contributed by atoms with Crippen LogP contribution in [-0.2, 0) is 16.0 Å². The number of rotatable bonds is 2. The summed E-state index contributed by atoms with van der Waals surface area (Å²) in [5, 5.41) is 53.7. The fourth-order valence-corrected chi connectivity index (χ4v) is 5.90. The fraction of sp³-hybridized carbons (Fsp3) is 0.480. The molecule has 0 heterocycles. The molecule has 1 aromatic rings. The van der Waals surface area contributed by atoms with Gasteiger partial charge < -0.3 is 36.2 Å². The van der Waals surface area contributed by atoms with Crippen LogP contribution in [0.15, 0.2) is 23.5 Å². The van der Waals surface area contributed by atoms with Gasteiger partial charge in [0.2, 0.25) is 5.91 Å². The Hall–Kier alpha value is -3.23. The summed E-state index contributed by atoms with van der Waals surface area (Å²) in [4.78, 5) is 40.4. The number of hydrogen-bond donors (Lipinski definition) is 6. The molecular weight excluding hydrogens is 456 g/mol. The van der Waals surface area contributed by atoms with Crippen LogP contribution >= 0.6 is 0 Å². The summed E-state index contributed by atoms with van der Waals surface area (Å²) in [5.41, 5.74) is 3.26. The first-order valence-electron chi connectivity index (χ1n) is 11.3. The normalized spacial score (nSPS) is 32.8. The molecule has 1 fully saturated rings. The van der Waals surface area contributed by atoms with Crippen molar-refractivity contribution in [1.82, 2.24) is 4.90 Å². The lowest BCUT2D eigenvalue weighted by molar-refractivity contribution is -0.178. The molecule has 186 valence electrons. The van der Waals surface area contributed by atoms with Crippen LogP contribution in [-0.4, -0.2) is 85.9 Å². The Morgan fingerprint density at radius 2 is 1.91 bits per heavy atom. The minimum atomic E-state index is -2.62. The van der Waals surface area contributed by atoms with Crippen molar-refractivity contribution in [2.24, 2.45) is 23.5 Å². The third-order valence-electron chi connectivity index (χ3n) is 7.39. The number of primary amides is 1. The van der Waals surface area contributed by atoms with Crippen LogP contribution in [0.3, 0.4) is 0 Å². The molecule has 0 saturated heterocycles. The maximum absolute atomic E-state index is 13.5. The number of aliphatic hydroxyl groups excluding tert-OH is 3. The molecule has 0 bridgehead atoms. The van der Waals surface area contributed by atoms with Gasteiger partial charge in [-0.2, -0.15) is 0 Å². The van der Waals surface area contributed by atoms with E-state index in [2.05, 4.69) is 11.8 Å². The molecule has 3 unspecified atom stereocenters. The van der Waals surface area contributed by atoms with Gasteiger partial charge in [-0.1, -0.05) is 11.8 Å². The van der Waals surface area contributed by atoms with Crippen LogP contribution in [0.5, 0.6) is 5.75 Å². The Kier molecular flexibility index (Phi) is 6.02. The number of aliphatic hydroxyl groups is 4. The van der Waals surface area contributed by atoms with Crippen molar-refractivity contribution in [1.29, 1.82) is 0 Å². The lowest BCUT2D eigenvalue weighted by Crippen LogP contribution is -2.71. The number of allylic oxidation sites excluding steroid dienone is 1. The molecule has 1 aromatic carbocycles. The monoisotopic (exact) mass is 484 g/mol. The van der Waals surface area contributed by atoms with Crippen molar-refractivity contribution in [2.45, 2.75) is 43.6 Å². The van der Waals surface area contributed by atoms with Crippen LogP contribution < -0.4 is 5.73 Å².